The van der Waals surface area contributed by atoms with E-state index in [0.717, 1.165) is 27.8 Å². The quantitative estimate of drug-likeness (QED) is 0.464. The summed E-state index contributed by atoms with van der Waals surface area (Å²) in [7, 11) is 2.08. The van der Waals surface area contributed by atoms with Crippen LogP contribution < -0.4 is 4.90 Å². The third-order valence-electron chi connectivity index (χ3n) is 5.27. The minimum absolute atomic E-state index is 0.202. The van der Waals surface area contributed by atoms with Crippen LogP contribution in [0.5, 0.6) is 0 Å². The zero-order valence-corrected chi connectivity index (χ0v) is 15.9. The molecule has 0 N–H and O–H groups in total. The summed E-state index contributed by atoms with van der Waals surface area (Å²) in [4.78, 5) is 2.20. The fourth-order valence-electron chi connectivity index (χ4n) is 3.53. The summed E-state index contributed by atoms with van der Waals surface area (Å²) < 4.78 is 0. The van der Waals surface area contributed by atoms with Crippen LogP contribution in [0, 0.1) is 6.92 Å². The van der Waals surface area contributed by atoms with E-state index in [1.165, 1.54) is 11.1 Å². The highest BCUT2D eigenvalue weighted by Gasteiger charge is 2.18. The van der Waals surface area contributed by atoms with Crippen molar-refractivity contribution in [1.29, 1.82) is 0 Å². The molecule has 0 aliphatic carbocycles. The summed E-state index contributed by atoms with van der Waals surface area (Å²) in [5.41, 5.74) is 4.53. The van der Waals surface area contributed by atoms with Gasteiger partial charge in [0.1, 0.15) is 5.69 Å². The predicted molar refractivity (Wildman–Crippen MR) is 113 cm³/mol. The first-order valence-corrected chi connectivity index (χ1v) is 9.26. The van der Waals surface area contributed by atoms with E-state index >= 15 is 0 Å². The minimum Gasteiger partial charge on any atom is -0.351 e. The van der Waals surface area contributed by atoms with Crippen LogP contribution in [-0.4, -0.2) is 17.2 Å². The molecule has 3 aromatic carbocycles. The Morgan fingerprint density at radius 3 is 2.11 bits per heavy atom. The van der Waals surface area contributed by atoms with E-state index < -0.39 is 0 Å². The third kappa shape index (κ3) is 3.17. The van der Waals surface area contributed by atoms with E-state index in [4.69, 9.17) is 0 Å². The summed E-state index contributed by atoms with van der Waals surface area (Å²) in [6.45, 7) is 4.31. The van der Waals surface area contributed by atoms with Crippen LogP contribution in [0.3, 0.4) is 0 Å². The lowest BCUT2D eigenvalue weighted by Crippen LogP contribution is -2.23. The Labute approximate surface area is 160 Å². The number of nitrogens with zero attached hydrogens (tertiary/aromatic N) is 3. The molecular formula is C24H23N3. The Hall–Kier alpha value is -3.20. The Bertz CT molecular complexity index is 1070. The highest BCUT2D eigenvalue weighted by atomic mass is 15.3. The topological polar surface area (TPSA) is 29.0 Å². The standard InChI is InChI=1S/C24H23N3/c1-17-11-7-8-14-20(17)23-21-15-9-10-16-22(21)24(26-25-23)27(3)18(2)19-12-5-4-6-13-19/h4-16,18H,1-3H3. The number of hydrogen-bond acceptors (Lipinski definition) is 3. The van der Waals surface area contributed by atoms with Gasteiger partial charge in [0.2, 0.25) is 0 Å². The van der Waals surface area contributed by atoms with Gasteiger partial charge in [-0.2, -0.15) is 0 Å². The average molecular weight is 353 g/mol. The van der Waals surface area contributed by atoms with Gasteiger partial charge in [0, 0.05) is 23.4 Å². The van der Waals surface area contributed by atoms with Gasteiger partial charge in [-0.05, 0) is 25.0 Å². The molecule has 0 fully saturated rings. The van der Waals surface area contributed by atoms with Gasteiger partial charge in [0.05, 0.1) is 6.04 Å². The van der Waals surface area contributed by atoms with Gasteiger partial charge in [0.15, 0.2) is 5.82 Å². The molecule has 0 saturated carbocycles. The van der Waals surface area contributed by atoms with Gasteiger partial charge in [-0.25, -0.2) is 0 Å². The molecule has 0 radical (unpaired) electrons. The van der Waals surface area contributed by atoms with Gasteiger partial charge >= 0.3 is 0 Å². The maximum absolute atomic E-state index is 4.65. The number of hydrogen-bond donors (Lipinski definition) is 0. The Morgan fingerprint density at radius 2 is 1.37 bits per heavy atom. The van der Waals surface area contributed by atoms with Crippen molar-refractivity contribution in [3.63, 3.8) is 0 Å². The molecule has 1 atom stereocenters. The lowest BCUT2D eigenvalue weighted by Gasteiger charge is -2.27. The van der Waals surface area contributed by atoms with Crippen molar-refractivity contribution in [3.8, 4) is 11.3 Å². The normalized spacial score (nSPS) is 12.1. The van der Waals surface area contributed by atoms with Gasteiger partial charge in [-0.1, -0.05) is 78.9 Å². The molecule has 3 heteroatoms. The lowest BCUT2D eigenvalue weighted by atomic mass is 10.0. The number of anilines is 1. The zero-order valence-electron chi connectivity index (χ0n) is 15.9. The molecular weight excluding hydrogens is 330 g/mol. The molecule has 0 spiro atoms. The molecule has 0 aliphatic heterocycles. The van der Waals surface area contributed by atoms with Crippen LogP contribution in [-0.2, 0) is 0 Å². The van der Waals surface area contributed by atoms with Crippen LogP contribution in [0.15, 0.2) is 78.9 Å². The number of aromatic nitrogens is 2. The highest BCUT2D eigenvalue weighted by molar-refractivity contribution is 6.00. The fraction of sp³-hybridized carbons (Fsp3) is 0.167. The van der Waals surface area contributed by atoms with Crippen LogP contribution in [0.2, 0.25) is 0 Å². The molecule has 4 rings (SSSR count). The second-order valence-corrected chi connectivity index (χ2v) is 6.93. The van der Waals surface area contributed by atoms with E-state index in [2.05, 4.69) is 109 Å². The number of benzene rings is 3. The third-order valence-corrected chi connectivity index (χ3v) is 5.27. The second-order valence-electron chi connectivity index (χ2n) is 6.93. The SMILES string of the molecule is Cc1ccccc1-c1nnc(N(C)C(C)c2ccccc2)c2ccccc12. The molecule has 4 aromatic rings. The summed E-state index contributed by atoms with van der Waals surface area (Å²) in [5.74, 6) is 0.902. The molecule has 0 aliphatic rings. The molecule has 0 saturated heterocycles. The van der Waals surface area contributed by atoms with Crippen LogP contribution in [0.1, 0.15) is 24.1 Å². The van der Waals surface area contributed by atoms with Crippen molar-refractivity contribution < 1.29 is 0 Å². The van der Waals surface area contributed by atoms with Gasteiger partial charge in [0.25, 0.3) is 0 Å². The van der Waals surface area contributed by atoms with Crippen LogP contribution >= 0.6 is 0 Å². The predicted octanol–water partition coefficient (Wildman–Crippen LogP) is 5.80. The first kappa shape index (κ1) is 17.2. The Balaban J connectivity index is 1.84. The monoisotopic (exact) mass is 353 g/mol. The van der Waals surface area contributed by atoms with E-state index in [1.54, 1.807) is 0 Å². The largest absolute Gasteiger partial charge is 0.351 e. The van der Waals surface area contributed by atoms with Gasteiger partial charge in [-0.15, -0.1) is 10.2 Å². The van der Waals surface area contributed by atoms with E-state index in [0.29, 0.717) is 0 Å². The Morgan fingerprint density at radius 1 is 0.741 bits per heavy atom. The molecule has 27 heavy (non-hydrogen) atoms. The number of fused-ring (bicyclic) bond motifs is 1. The van der Waals surface area contributed by atoms with Crippen molar-refractivity contribution in [2.24, 2.45) is 0 Å². The summed E-state index contributed by atoms with van der Waals surface area (Å²) in [6, 6.07) is 27.4. The second kappa shape index (κ2) is 7.20. The van der Waals surface area contributed by atoms with Crippen LogP contribution in [0.25, 0.3) is 22.0 Å². The summed E-state index contributed by atoms with van der Waals surface area (Å²) in [6.07, 6.45) is 0. The fourth-order valence-corrected chi connectivity index (χ4v) is 3.53. The van der Waals surface area contributed by atoms with E-state index in [9.17, 15) is 0 Å². The molecule has 0 amide bonds. The molecule has 1 unspecified atom stereocenters. The van der Waals surface area contributed by atoms with Gasteiger partial charge in [-0.3, -0.25) is 0 Å². The van der Waals surface area contributed by atoms with Gasteiger partial charge < -0.3 is 4.90 Å². The maximum atomic E-state index is 4.65. The first-order valence-electron chi connectivity index (χ1n) is 9.26. The molecule has 3 nitrogen and oxygen atoms in total. The van der Waals surface area contributed by atoms with Crippen molar-refractivity contribution in [3.05, 3.63) is 90.0 Å². The van der Waals surface area contributed by atoms with E-state index in [1.807, 2.05) is 6.07 Å². The van der Waals surface area contributed by atoms with Crippen molar-refractivity contribution in [2.45, 2.75) is 19.9 Å². The molecule has 1 heterocycles. The van der Waals surface area contributed by atoms with Crippen molar-refractivity contribution in [2.75, 3.05) is 11.9 Å². The smallest absolute Gasteiger partial charge is 0.159 e. The number of aryl methyl sites for hydroxylation is 1. The zero-order chi connectivity index (χ0) is 18.8. The first-order chi connectivity index (χ1) is 13.2. The van der Waals surface area contributed by atoms with Crippen molar-refractivity contribution >= 4 is 16.6 Å². The molecule has 134 valence electrons. The highest BCUT2D eigenvalue weighted by Crippen LogP contribution is 2.34. The Kier molecular flexibility index (Phi) is 4.59. The van der Waals surface area contributed by atoms with E-state index in [-0.39, 0.29) is 6.04 Å². The summed E-state index contributed by atoms with van der Waals surface area (Å²) in [5, 5.41) is 11.5. The molecule has 0 bridgehead atoms. The van der Waals surface area contributed by atoms with Crippen molar-refractivity contribution in [1.82, 2.24) is 10.2 Å². The summed E-state index contributed by atoms with van der Waals surface area (Å²) >= 11 is 0. The number of rotatable bonds is 4. The minimum atomic E-state index is 0.202. The molecule has 1 aromatic heterocycles. The maximum Gasteiger partial charge on any atom is 0.159 e. The average Bonchev–Trinajstić information content (AvgIpc) is 2.73. The lowest BCUT2D eigenvalue weighted by molar-refractivity contribution is 0.725. The van der Waals surface area contributed by atoms with Crippen LogP contribution in [0.4, 0.5) is 5.82 Å².